The van der Waals surface area contributed by atoms with E-state index in [-0.39, 0.29) is 24.3 Å². The Morgan fingerprint density at radius 3 is 2.95 bits per heavy atom. The van der Waals surface area contributed by atoms with Gasteiger partial charge in [0.25, 0.3) is 5.91 Å². The molecule has 0 radical (unpaired) electrons. The molecule has 0 spiro atoms. The van der Waals surface area contributed by atoms with Gasteiger partial charge in [-0.25, -0.2) is 0 Å². The molecule has 1 aliphatic heterocycles. The molecule has 0 saturated heterocycles. The van der Waals surface area contributed by atoms with E-state index in [0.717, 1.165) is 6.42 Å². The lowest BCUT2D eigenvalue weighted by molar-refractivity contribution is -0.119. The number of rotatable bonds is 4. The van der Waals surface area contributed by atoms with Crippen molar-refractivity contribution in [1.29, 1.82) is 0 Å². The van der Waals surface area contributed by atoms with E-state index in [1.807, 2.05) is 13.8 Å². The molecule has 21 heavy (non-hydrogen) atoms. The fourth-order valence-corrected chi connectivity index (χ4v) is 2.14. The summed E-state index contributed by atoms with van der Waals surface area (Å²) in [4.78, 5) is 23.3. The fraction of sp³-hybridized carbons (Fsp3) is 0.429. The van der Waals surface area contributed by atoms with Gasteiger partial charge in [0, 0.05) is 6.07 Å². The summed E-state index contributed by atoms with van der Waals surface area (Å²) in [7, 11) is 0. The number of amides is 2. The number of ether oxygens (including phenoxy) is 1. The second kappa shape index (κ2) is 6.32. The van der Waals surface area contributed by atoms with E-state index in [9.17, 15) is 9.59 Å². The van der Waals surface area contributed by atoms with Gasteiger partial charge in [-0.05, 0) is 12.0 Å². The highest BCUT2D eigenvalue weighted by atomic mass is 35.5. The minimum absolute atomic E-state index is 0.0611. The van der Waals surface area contributed by atoms with E-state index in [2.05, 4.69) is 10.6 Å². The summed E-state index contributed by atoms with van der Waals surface area (Å²) in [6.07, 6.45) is 0.807. The zero-order valence-electron chi connectivity index (χ0n) is 11.9. The molecule has 0 aromatic heterocycles. The Morgan fingerprint density at radius 1 is 1.57 bits per heavy atom. The molecule has 1 aromatic carbocycles. The molecule has 4 N–H and O–H groups in total. The number of fused-ring (bicyclic) bond motifs is 1. The van der Waals surface area contributed by atoms with Crippen LogP contribution in [0.2, 0.25) is 5.02 Å². The summed E-state index contributed by atoms with van der Waals surface area (Å²) in [6, 6.07) is 2.51. The van der Waals surface area contributed by atoms with Crippen LogP contribution in [0.5, 0.6) is 5.75 Å². The number of halogens is 1. The Balaban J connectivity index is 2.18. The fourth-order valence-electron chi connectivity index (χ4n) is 1.92. The molecule has 1 heterocycles. The van der Waals surface area contributed by atoms with Crippen LogP contribution in [0.25, 0.3) is 0 Å². The van der Waals surface area contributed by atoms with Gasteiger partial charge in [0.05, 0.1) is 22.4 Å². The third kappa shape index (κ3) is 3.46. The van der Waals surface area contributed by atoms with Crippen molar-refractivity contribution in [2.45, 2.75) is 26.3 Å². The Bertz CT molecular complexity index is 577. The Kier molecular flexibility index (Phi) is 4.69. The molecule has 0 fully saturated rings. The molecule has 0 aliphatic carbocycles. The maximum Gasteiger partial charge on any atom is 0.262 e. The third-order valence-electron chi connectivity index (χ3n) is 3.52. The number of hydrogen-bond acceptors (Lipinski definition) is 4. The van der Waals surface area contributed by atoms with Crippen LogP contribution in [-0.2, 0) is 9.59 Å². The lowest BCUT2D eigenvalue weighted by Crippen LogP contribution is -2.40. The average molecular weight is 312 g/mol. The van der Waals surface area contributed by atoms with Crippen molar-refractivity contribution in [2.24, 2.45) is 11.7 Å². The zero-order valence-corrected chi connectivity index (χ0v) is 12.7. The van der Waals surface area contributed by atoms with Gasteiger partial charge in [-0.15, -0.1) is 0 Å². The van der Waals surface area contributed by atoms with Crippen molar-refractivity contribution in [3.63, 3.8) is 0 Å². The summed E-state index contributed by atoms with van der Waals surface area (Å²) in [5, 5.41) is 5.65. The molecule has 1 aliphatic rings. The first-order valence-electron chi connectivity index (χ1n) is 6.75. The van der Waals surface area contributed by atoms with Gasteiger partial charge in [0.1, 0.15) is 5.75 Å². The summed E-state index contributed by atoms with van der Waals surface area (Å²) >= 11 is 6.11. The van der Waals surface area contributed by atoms with Crippen molar-refractivity contribution < 1.29 is 14.3 Å². The van der Waals surface area contributed by atoms with Gasteiger partial charge in [0.15, 0.2) is 6.61 Å². The topological polar surface area (TPSA) is 93.5 Å². The first-order valence-corrected chi connectivity index (χ1v) is 7.12. The van der Waals surface area contributed by atoms with Crippen LogP contribution in [0, 0.1) is 5.92 Å². The van der Waals surface area contributed by atoms with E-state index in [1.165, 1.54) is 0 Å². The van der Waals surface area contributed by atoms with E-state index in [4.69, 9.17) is 22.1 Å². The van der Waals surface area contributed by atoms with Crippen LogP contribution in [0.4, 0.5) is 11.4 Å². The quantitative estimate of drug-likeness (QED) is 0.792. The highest BCUT2D eigenvalue weighted by molar-refractivity contribution is 6.34. The SMILES string of the molecule is CC[C@H](C)[C@H](N)C(=O)Nc1cc2c(cc1Cl)NC(=O)CO2. The summed E-state index contributed by atoms with van der Waals surface area (Å²) < 4.78 is 5.29. The molecule has 2 atom stereocenters. The largest absolute Gasteiger partial charge is 0.482 e. The van der Waals surface area contributed by atoms with Gasteiger partial charge < -0.3 is 21.1 Å². The third-order valence-corrected chi connectivity index (χ3v) is 3.83. The lowest BCUT2D eigenvalue weighted by atomic mass is 9.99. The molecule has 0 bridgehead atoms. The van der Waals surface area contributed by atoms with E-state index in [1.54, 1.807) is 12.1 Å². The predicted molar refractivity (Wildman–Crippen MR) is 81.6 cm³/mol. The number of carbonyl (C=O) groups is 2. The monoisotopic (exact) mass is 311 g/mol. The van der Waals surface area contributed by atoms with Gasteiger partial charge in [-0.1, -0.05) is 31.9 Å². The van der Waals surface area contributed by atoms with Crippen molar-refractivity contribution in [3.05, 3.63) is 17.2 Å². The van der Waals surface area contributed by atoms with Crippen molar-refractivity contribution in [1.82, 2.24) is 0 Å². The number of anilines is 2. The van der Waals surface area contributed by atoms with Crippen LogP contribution in [0.15, 0.2) is 12.1 Å². The molecular formula is C14H18ClN3O3. The molecule has 7 heteroatoms. The van der Waals surface area contributed by atoms with Crippen molar-refractivity contribution in [3.8, 4) is 5.75 Å². The minimum atomic E-state index is -0.609. The van der Waals surface area contributed by atoms with E-state index >= 15 is 0 Å². The first kappa shape index (κ1) is 15.6. The average Bonchev–Trinajstić information content (AvgIpc) is 2.46. The predicted octanol–water partition coefficient (Wildman–Crippen LogP) is 1.98. The smallest absolute Gasteiger partial charge is 0.262 e. The maximum absolute atomic E-state index is 12.1. The van der Waals surface area contributed by atoms with Gasteiger partial charge in [-0.3, -0.25) is 9.59 Å². The highest BCUT2D eigenvalue weighted by Crippen LogP contribution is 2.36. The Hall–Kier alpha value is -1.79. The molecular weight excluding hydrogens is 294 g/mol. The van der Waals surface area contributed by atoms with Gasteiger partial charge in [-0.2, -0.15) is 0 Å². The van der Waals surface area contributed by atoms with Crippen LogP contribution >= 0.6 is 11.6 Å². The van der Waals surface area contributed by atoms with E-state index in [0.29, 0.717) is 22.1 Å². The summed E-state index contributed by atoms with van der Waals surface area (Å²) in [5.74, 6) is -0.0106. The van der Waals surface area contributed by atoms with Crippen LogP contribution in [0.3, 0.4) is 0 Å². The normalized spacial score (nSPS) is 16.3. The van der Waals surface area contributed by atoms with Crippen LogP contribution in [0.1, 0.15) is 20.3 Å². The van der Waals surface area contributed by atoms with E-state index < -0.39 is 6.04 Å². The molecule has 2 amide bonds. The highest BCUT2D eigenvalue weighted by Gasteiger charge is 2.22. The number of benzene rings is 1. The maximum atomic E-state index is 12.1. The molecule has 0 saturated carbocycles. The molecule has 6 nitrogen and oxygen atoms in total. The zero-order chi connectivity index (χ0) is 15.6. The van der Waals surface area contributed by atoms with Crippen LogP contribution in [-0.4, -0.2) is 24.5 Å². The van der Waals surface area contributed by atoms with Crippen LogP contribution < -0.4 is 21.1 Å². The van der Waals surface area contributed by atoms with Crippen molar-refractivity contribution >= 4 is 34.8 Å². The molecule has 1 aromatic rings. The number of nitrogens with one attached hydrogen (secondary N) is 2. The van der Waals surface area contributed by atoms with Crippen molar-refractivity contribution in [2.75, 3.05) is 17.2 Å². The van der Waals surface area contributed by atoms with Gasteiger partial charge >= 0.3 is 0 Å². The summed E-state index contributed by atoms with van der Waals surface area (Å²) in [5.41, 5.74) is 6.78. The second-order valence-electron chi connectivity index (χ2n) is 5.07. The van der Waals surface area contributed by atoms with Gasteiger partial charge in [0.2, 0.25) is 5.91 Å². The first-order chi connectivity index (χ1) is 9.92. The number of carbonyl (C=O) groups excluding carboxylic acids is 2. The molecule has 0 unspecified atom stereocenters. The Labute approximate surface area is 128 Å². The lowest BCUT2D eigenvalue weighted by Gasteiger charge is -2.21. The number of hydrogen-bond donors (Lipinski definition) is 3. The number of nitrogens with two attached hydrogens (primary N) is 1. The standard InChI is InChI=1S/C14H18ClN3O3/c1-3-7(2)13(16)14(20)18-9-5-11-10(4-8(9)15)17-12(19)6-21-11/h4-5,7,13H,3,6,16H2,1-2H3,(H,17,19)(H,18,20)/t7-,13-/m0/s1. The summed E-state index contributed by atoms with van der Waals surface area (Å²) in [6.45, 7) is 3.83. The minimum Gasteiger partial charge on any atom is -0.482 e. The second-order valence-corrected chi connectivity index (χ2v) is 5.47. The Morgan fingerprint density at radius 2 is 2.29 bits per heavy atom. The molecule has 2 rings (SSSR count). The molecule has 114 valence electrons.